The van der Waals surface area contributed by atoms with Crippen molar-refractivity contribution in [2.75, 3.05) is 0 Å². The summed E-state index contributed by atoms with van der Waals surface area (Å²) in [4.78, 5) is 0. The molecule has 1 heteroatoms. The van der Waals surface area contributed by atoms with Crippen LogP contribution in [0.3, 0.4) is 0 Å². The average Bonchev–Trinajstić information content (AvgIpc) is 3.38. The molecular weight excluding hydrogens is 513 g/mol. The first kappa shape index (κ1) is 29.1. The number of rotatable bonds is 14. The van der Waals surface area contributed by atoms with Gasteiger partial charge in [0.2, 0.25) is 0 Å². The highest BCUT2D eigenvalue weighted by atomic mass is 32.1. The molecule has 0 unspecified atom stereocenters. The number of unbranched alkanes of at least 4 members (excludes halogenated alkanes) is 6. The van der Waals surface area contributed by atoms with Crippen molar-refractivity contribution >= 4 is 55.8 Å². The molecule has 0 nitrogen and oxygen atoms in total. The van der Waals surface area contributed by atoms with E-state index in [-0.39, 0.29) is 0 Å². The maximum atomic E-state index is 2.35. The van der Waals surface area contributed by atoms with Crippen LogP contribution in [0.25, 0.3) is 44.5 Å². The summed E-state index contributed by atoms with van der Waals surface area (Å²) in [7, 11) is 0. The summed E-state index contributed by atoms with van der Waals surface area (Å²) >= 11 is 1.88. The van der Waals surface area contributed by atoms with Gasteiger partial charge in [-0.15, -0.1) is 11.3 Å². The van der Waals surface area contributed by atoms with Crippen LogP contribution in [0.15, 0.2) is 84.9 Å². The maximum absolute atomic E-state index is 2.35. The summed E-state index contributed by atoms with van der Waals surface area (Å²) < 4.78 is 2.69. The molecule has 1 heterocycles. The largest absolute Gasteiger partial charge is 0.135 e. The molecule has 0 fully saturated rings. The van der Waals surface area contributed by atoms with Gasteiger partial charge in [0.05, 0.1) is 0 Å². The summed E-state index contributed by atoms with van der Waals surface area (Å²) in [5.74, 6) is 0. The number of hydrogen-bond donors (Lipinski definition) is 0. The molecular formula is C40H44S. The zero-order valence-corrected chi connectivity index (χ0v) is 25.7. The molecule has 0 saturated heterocycles. The Kier molecular flexibility index (Phi) is 10.6. The van der Waals surface area contributed by atoms with Gasteiger partial charge in [-0.2, -0.15) is 0 Å². The molecule has 0 amide bonds. The van der Waals surface area contributed by atoms with Crippen molar-refractivity contribution in [3.05, 3.63) is 118 Å². The minimum atomic E-state index is 1.19. The first-order valence-electron chi connectivity index (χ1n) is 15.7. The fourth-order valence-electron chi connectivity index (χ4n) is 5.51. The molecule has 0 atom stereocenters. The van der Waals surface area contributed by atoms with Gasteiger partial charge in [-0.1, -0.05) is 137 Å². The fourth-order valence-corrected chi connectivity index (χ4v) is 6.57. The lowest BCUT2D eigenvalue weighted by Gasteiger charge is -2.02. The van der Waals surface area contributed by atoms with Gasteiger partial charge < -0.3 is 0 Å². The molecule has 5 rings (SSSR count). The minimum absolute atomic E-state index is 1.19. The predicted molar refractivity (Wildman–Crippen MR) is 186 cm³/mol. The molecule has 0 aliphatic carbocycles. The van der Waals surface area contributed by atoms with Crippen LogP contribution in [0, 0.1) is 0 Å². The molecule has 4 aromatic carbocycles. The lowest BCUT2D eigenvalue weighted by atomic mass is 10.0. The Hall–Kier alpha value is -3.42. The van der Waals surface area contributed by atoms with Gasteiger partial charge >= 0.3 is 0 Å². The third-order valence-corrected chi connectivity index (χ3v) is 9.20. The highest BCUT2D eigenvalue weighted by Crippen LogP contribution is 2.35. The number of benzene rings is 4. The maximum Gasteiger partial charge on any atom is 0.0355 e. The van der Waals surface area contributed by atoms with E-state index in [1.807, 2.05) is 11.3 Å². The number of fused-ring (bicyclic) bond motifs is 3. The summed E-state index contributed by atoms with van der Waals surface area (Å²) in [5.41, 5.74) is 7.91. The SMILES string of the molecule is CCCCCCc1ccc(C=Cc2ccc3sc4ccc(C=Cc5ccc(CCCCCC)cc5)cc4c3c2)cc1. The van der Waals surface area contributed by atoms with Gasteiger partial charge in [-0.25, -0.2) is 0 Å². The van der Waals surface area contributed by atoms with Crippen LogP contribution in [-0.2, 0) is 12.8 Å². The van der Waals surface area contributed by atoms with Crippen molar-refractivity contribution in [2.24, 2.45) is 0 Å². The quantitative estimate of drug-likeness (QED) is 0.0942. The van der Waals surface area contributed by atoms with Crippen molar-refractivity contribution in [3.8, 4) is 0 Å². The monoisotopic (exact) mass is 556 g/mol. The normalized spacial score (nSPS) is 12.0. The van der Waals surface area contributed by atoms with E-state index in [1.54, 1.807) is 0 Å². The predicted octanol–water partition coefficient (Wildman–Crippen LogP) is 12.6. The van der Waals surface area contributed by atoms with E-state index in [9.17, 15) is 0 Å². The number of hydrogen-bond acceptors (Lipinski definition) is 1. The lowest BCUT2D eigenvalue weighted by molar-refractivity contribution is 0.667. The van der Waals surface area contributed by atoms with Crippen LogP contribution < -0.4 is 0 Å². The third-order valence-electron chi connectivity index (χ3n) is 8.05. The van der Waals surface area contributed by atoms with Gasteiger partial charge in [0.25, 0.3) is 0 Å². The van der Waals surface area contributed by atoms with Crippen LogP contribution in [0.5, 0.6) is 0 Å². The van der Waals surface area contributed by atoms with Gasteiger partial charge in [-0.3, -0.25) is 0 Å². The molecule has 0 spiro atoms. The van der Waals surface area contributed by atoms with Crippen LogP contribution in [0.4, 0.5) is 0 Å². The van der Waals surface area contributed by atoms with Gasteiger partial charge in [-0.05, 0) is 83.3 Å². The van der Waals surface area contributed by atoms with Crippen molar-refractivity contribution in [3.63, 3.8) is 0 Å². The Morgan fingerprint density at radius 2 is 0.829 bits per heavy atom. The molecule has 1 aromatic heterocycles. The Morgan fingerprint density at radius 1 is 0.439 bits per heavy atom. The Morgan fingerprint density at radius 3 is 1.24 bits per heavy atom. The molecule has 5 aromatic rings. The standard InChI is InChI=1S/C40H44S/c1-3-5-7-9-11-31-13-17-33(18-14-31)21-23-35-25-27-39-37(29-35)38-30-36(26-28-40(38)41-39)24-22-34-19-15-32(16-20-34)12-10-8-6-4-2/h13-30H,3-12H2,1-2H3. The topological polar surface area (TPSA) is 0 Å². The van der Waals surface area contributed by atoms with Crippen molar-refractivity contribution in [1.29, 1.82) is 0 Å². The van der Waals surface area contributed by atoms with Crippen LogP contribution in [-0.4, -0.2) is 0 Å². The minimum Gasteiger partial charge on any atom is -0.135 e. The first-order valence-corrected chi connectivity index (χ1v) is 16.5. The summed E-state index contributed by atoms with van der Waals surface area (Å²) in [6.07, 6.45) is 21.9. The summed E-state index contributed by atoms with van der Waals surface area (Å²) in [5, 5.41) is 2.69. The second-order valence-electron chi connectivity index (χ2n) is 11.4. The zero-order chi connectivity index (χ0) is 28.3. The van der Waals surface area contributed by atoms with Gasteiger partial charge in [0, 0.05) is 20.2 Å². The van der Waals surface area contributed by atoms with Gasteiger partial charge in [0.15, 0.2) is 0 Å². The molecule has 0 radical (unpaired) electrons. The fraction of sp³-hybridized carbons (Fsp3) is 0.300. The van der Waals surface area contributed by atoms with E-state index in [0.717, 1.165) is 0 Å². The van der Waals surface area contributed by atoms with Crippen molar-refractivity contribution < 1.29 is 0 Å². The second kappa shape index (κ2) is 15.0. The van der Waals surface area contributed by atoms with E-state index >= 15 is 0 Å². The Balaban J connectivity index is 1.26. The highest BCUT2D eigenvalue weighted by Gasteiger charge is 2.06. The van der Waals surface area contributed by atoms with E-state index in [2.05, 4.69) is 123 Å². The molecule has 0 aliphatic heterocycles. The number of aryl methyl sites for hydroxylation is 2. The van der Waals surface area contributed by atoms with Crippen LogP contribution in [0.1, 0.15) is 98.6 Å². The first-order chi connectivity index (χ1) is 20.2. The molecule has 0 aliphatic rings. The zero-order valence-electron chi connectivity index (χ0n) is 24.9. The number of thiophene rings is 1. The van der Waals surface area contributed by atoms with Crippen molar-refractivity contribution in [2.45, 2.75) is 78.1 Å². The second-order valence-corrected chi connectivity index (χ2v) is 12.5. The van der Waals surface area contributed by atoms with Crippen LogP contribution >= 0.6 is 11.3 Å². The molecule has 0 saturated carbocycles. The van der Waals surface area contributed by atoms with E-state index < -0.39 is 0 Å². The van der Waals surface area contributed by atoms with Gasteiger partial charge in [0.1, 0.15) is 0 Å². The summed E-state index contributed by atoms with van der Waals surface area (Å²) in [6.45, 7) is 4.54. The molecule has 0 N–H and O–H groups in total. The third kappa shape index (κ3) is 8.30. The smallest absolute Gasteiger partial charge is 0.0355 e. The average molecular weight is 557 g/mol. The van der Waals surface area contributed by atoms with E-state index in [1.165, 1.54) is 118 Å². The van der Waals surface area contributed by atoms with Crippen molar-refractivity contribution in [1.82, 2.24) is 0 Å². The lowest BCUT2D eigenvalue weighted by Crippen LogP contribution is -1.86. The summed E-state index contributed by atoms with van der Waals surface area (Å²) in [6, 6.07) is 31.9. The Labute approximate surface area is 251 Å². The van der Waals surface area contributed by atoms with Crippen LogP contribution in [0.2, 0.25) is 0 Å². The van der Waals surface area contributed by atoms with E-state index in [4.69, 9.17) is 0 Å². The highest BCUT2D eigenvalue weighted by molar-refractivity contribution is 7.25. The molecule has 41 heavy (non-hydrogen) atoms. The molecule has 210 valence electrons. The molecule has 0 bridgehead atoms. The Bertz CT molecular complexity index is 1460. The van der Waals surface area contributed by atoms with E-state index in [0.29, 0.717) is 0 Å².